The van der Waals surface area contributed by atoms with E-state index in [4.69, 9.17) is 9.26 Å². The molecule has 0 unspecified atom stereocenters. The van der Waals surface area contributed by atoms with Crippen molar-refractivity contribution in [2.24, 2.45) is 0 Å². The second kappa shape index (κ2) is 5.40. The summed E-state index contributed by atoms with van der Waals surface area (Å²) in [6.45, 7) is 5.30. The number of hydrogen-bond donors (Lipinski definition) is 0. The summed E-state index contributed by atoms with van der Waals surface area (Å²) in [6, 6.07) is 5.70. The van der Waals surface area contributed by atoms with Gasteiger partial charge in [-0.15, -0.1) is 0 Å². The van der Waals surface area contributed by atoms with E-state index < -0.39 is 11.4 Å². The minimum Gasteiger partial charge on any atom is -0.465 e. The standard InChI is InChI=1S/C14H15FN2O3/c1-4-19-13(18)14(2,3)12-16-11(17-20-12)9-5-7-10(15)8-6-9/h5-8H,4H2,1-3H3. The Kier molecular flexibility index (Phi) is 3.83. The van der Waals surface area contributed by atoms with Gasteiger partial charge in [0.15, 0.2) is 0 Å². The van der Waals surface area contributed by atoms with Crippen LogP contribution in [0.4, 0.5) is 4.39 Å². The van der Waals surface area contributed by atoms with Gasteiger partial charge >= 0.3 is 5.97 Å². The number of carbonyl (C=O) groups is 1. The average molecular weight is 278 g/mol. The minimum absolute atomic E-state index is 0.162. The van der Waals surface area contributed by atoms with Gasteiger partial charge in [0.1, 0.15) is 11.2 Å². The first kappa shape index (κ1) is 14.2. The molecule has 2 aromatic rings. The number of nitrogens with zero attached hydrogens (tertiary/aromatic N) is 2. The zero-order chi connectivity index (χ0) is 14.8. The molecule has 0 aliphatic heterocycles. The number of esters is 1. The highest BCUT2D eigenvalue weighted by atomic mass is 19.1. The van der Waals surface area contributed by atoms with Crippen molar-refractivity contribution < 1.29 is 18.4 Å². The van der Waals surface area contributed by atoms with E-state index in [1.807, 2.05) is 0 Å². The van der Waals surface area contributed by atoms with E-state index >= 15 is 0 Å². The molecule has 0 amide bonds. The molecule has 0 atom stereocenters. The molecule has 6 heteroatoms. The van der Waals surface area contributed by atoms with Gasteiger partial charge in [0, 0.05) is 5.56 Å². The number of ether oxygens (including phenoxy) is 1. The fraction of sp³-hybridized carbons (Fsp3) is 0.357. The molecule has 0 fully saturated rings. The maximum Gasteiger partial charge on any atom is 0.321 e. The molecule has 1 heterocycles. The van der Waals surface area contributed by atoms with E-state index in [1.54, 1.807) is 32.9 Å². The van der Waals surface area contributed by atoms with Crippen molar-refractivity contribution in [1.82, 2.24) is 10.1 Å². The Morgan fingerprint density at radius 2 is 2.00 bits per heavy atom. The number of benzene rings is 1. The van der Waals surface area contributed by atoms with Gasteiger partial charge in [-0.1, -0.05) is 5.16 Å². The molecule has 0 aliphatic rings. The van der Waals surface area contributed by atoms with Gasteiger partial charge in [0.25, 0.3) is 0 Å². The van der Waals surface area contributed by atoms with Crippen LogP contribution in [0.2, 0.25) is 0 Å². The molecule has 1 aromatic carbocycles. The number of carbonyl (C=O) groups excluding carboxylic acids is 1. The summed E-state index contributed by atoms with van der Waals surface area (Å²) < 4.78 is 23.0. The highest BCUT2D eigenvalue weighted by molar-refractivity contribution is 5.80. The largest absolute Gasteiger partial charge is 0.465 e. The Balaban J connectivity index is 2.28. The maximum atomic E-state index is 12.9. The van der Waals surface area contributed by atoms with Crippen LogP contribution >= 0.6 is 0 Å². The average Bonchev–Trinajstić information content (AvgIpc) is 2.90. The molecule has 0 bridgehead atoms. The normalized spacial score (nSPS) is 11.4. The lowest BCUT2D eigenvalue weighted by Crippen LogP contribution is -2.31. The van der Waals surface area contributed by atoms with Crippen molar-refractivity contribution >= 4 is 5.97 Å². The molecule has 0 saturated heterocycles. The fourth-order valence-corrected chi connectivity index (χ4v) is 1.59. The van der Waals surface area contributed by atoms with Crippen molar-refractivity contribution in [3.63, 3.8) is 0 Å². The van der Waals surface area contributed by atoms with Gasteiger partial charge in [0.2, 0.25) is 11.7 Å². The van der Waals surface area contributed by atoms with E-state index in [1.165, 1.54) is 12.1 Å². The molecule has 0 N–H and O–H groups in total. The Hall–Kier alpha value is -2.24. The monoisotopic (exact) mass is 278 g/mol. The second-order valence-electron chi connectivity index (χ2n) is 4.78. The lowest BCUT2D eigenvalue weighted by atomic mass is 9.94. The summed E-state index contributed by atoms with van der Waals surface area (Å²) in [5, 5.41) is 3.81. The van der Waals surface area contributed by atoms with Gasteiger partial charge < -0.3 is 9.26 Å². The van der Waals surface area contributed by atoms with Crippen LogP contribution in [0.1, 0.15) is 26.7 Å². The smallest absolute Gasteiger partial charge is 0.321 e. The topological polar surface area (TPSA) is 65.2 Å². The van der Waals surface area contributed by atoms with Crippen LogP contribution in [-0.4, -0.2) is 22.7 Å². The molecule has 1 aromatic heterocycles. The molecule has 2 rings (SSSR count). The van der Waals surface area contributed by atoms with E-state index in [0.29, 0.717) is 11.4 Å². The van der Waals surface area contributed by atoms with Gasteiger partial charge in [-0.05, 0) is 45.0 Å². The van der Waals surface area contributed by atoms with Crippen molar-refractivity contribution in [2.45, 2.75) is 26.2 Å². The number of rotatable bonds is 4. The summed E-state index contributed by atoms with van der Waals surface area (Å²) in [5.74, 6) is -0.314. The summed E-state index contributed by atoms with van der Waals surface area (Å²) in [4.78, 5) is 16.0. The second-order valence-corrected chi connectivity index (χ2v) is 4.78. The third kappa shape index (κ3) is 2.68. The molecule has 0 aliphatic carbocycles. The van der Waals surface area contributed by atoms with Crippen molar-refractivity contribution in [1.29, 1.82) is 0 Å². The van der Waals surface area contributed by atoms with Crippen LogP contribution < -0.4 is 0 Å². The zero-order valence-electron chi connectivity index (χ0n) is 11.5. The Morgan fingerprint density at radius 1 is 1.35 bits per heavy atom. The Morgan fingerprint density at radius 3 is 2.60 bits per heavy atom. The molecule has 106 valence electrons. The van der Waals surface area contributed by atoms with E-state index in [0.717, 1.165) is 0 Å². The minimum atomic E-state index is -1.03. The Bertz CT molecular complexity index is 605. The molecule has 20 heavy (non-hydrogen) atoms. The highest BCUT2D eigenvalue weighted by Gasteiger charge is 2.37. The molecular formula is C14H15FN2O3. The van der Waals surface area contributed by atoms with Gasteiger partial charge in [0.05, 0.1) is 6.61 Å². The first-order chi connectivity index (χ1) is 9.45. The first-order valence-electron chi connectivity index (χ1n) is 6.22. The fourth-order valence-electron chi connectivity index (χ4n) is 1.59. The maximum absolute atomic E-state index is 12.9. The van der Waals surface area contributed by atoms with Gasteiger partial charge in [-0.2, -0.15) is 4.98 Å². The molecule has 0 saturated carbocycles. The van der Waals surface area contributed by atoms with E-state index in [-0.39, 0.29) is 18.3 Å². The van der Waals surface area contributed by atoms with Gasteiger partial charge in [-0.3, -0.25) is 4.79 Å². The molecule has 0 radical (unpaired) electrons. The van der Waals surface area contributed by atoms with Crippen LogP contribution in [0.15, 0.2) is 28.8 Å². The van der Waals surface area contributed by atoms with Crippen LogP contribution in [0.3, 0.4) is 0 Å². The van der Waals surface area contributed by atoms with Crippen molar-refractivity contribution in [2.75, 3.05) is 6.61 Å². The molecule has 5 nitrogen and oxygen atoms in total. The van der Waals surface area contributed by atoms with E-state index in [2.05, 4.69) is 10.1 Å². The highest BCUT2D eigenvalue weighted by Crippen LogP contribution is 2.26. The third-order valence-corrected chi connectivity index (χ3v) is 2.85. The van der Waals surface area contributed by atoms with Crippen LogP contribution in [0.5, 0.6) is 0 Å². The molecular weight excluding hydrogens is 263 g/mol. The number of aromatic nitrogens is 2. The van der Waals surface area contributed by atoms with Crippen LogP contribution in [-0.2, 0) is 14.9 Å². The number of halogens is 1. The van der Waals surface area contributed by atoms with Crippen LogP contribution in [0, 0.1) is 5.82 Å². The summed E-state index contributed by atoms with van der Waals surface area (Å²) in [7, 11) is 0. The summed E-state index contributed by atoms with van der Waals surface area (Å²) >= 11 is 0. The van der Waals surface area contributed by atoms with Gasteiger partial charge in [-0.25, -0.2) is 4.39 Å². The van der Waals surface area contributed by atoms with Crippen LogP contribution in [0.25, 0.3) is 11.4 Å². The first-order valence-corrected chi connectivity index (χ1v) is 6.22. The SMILES string of the molecule is CCOC(=O)C(C)(C)c1nc(-c2ccc(F)cc2)no1. The third-order valence-electron chi connectivity index (χ3n) is 2.85. The quantitative estimate of drug-likeness (QED) is 0.804. The predicted octanol–water partition coefficient (Wildman–Crippen LogP) is 2.72. The Labute approximate surface area is 115 Å². The lowest BCUT2D eigenvalue weighted by Gasteiger charge is -2.16. The zero-order valence-corrected chi connectivity index (χ0v) is 11.5. The van der Waals surface area contributed by atoms with Crippen molar-refractivity contribution in [3.05, 3.63) is 36.0 Å². The summed E-state index contributed by atoms with van der Waals surface area (Å²) in [5.41, 5.74) is -0.414. The molecule has 0 spiro atoms. The van der Waals surface area contributed by atoms with E-state index in [9.17, 15) is 9.18 Å². The van der Waals surface area contributed by atoms with Crippen molar-refractivity contribution in [3.8, 4) is 11.4 Å². The lowest BCUT2D eigenvalue weighted by molar-refractivity contribution is -0.149. The summed E-state index contributed by atoms with van der Waals surface area (Å²) in [6.07, 6.45) is 0. The predicted molar refractivity (Wildman–Crippen MR) is 69.4 cm³/mol. The number of hydrogen-bond acceptors (Lipinski definition) is 5.